The van der Waals surface area contributed by atoms with Crippen molar-refractivity contribution in [1.29, 1.82) is 0 Å². The fraction of sp³-hybridized carbons (Fsp3) is 0.818. The second-order valence-electron chi connectivity index (χ2n) is 4.87. The molecule has 0 aromatic heterocycles. The number of piperazine rings is 1. The third kappa shape index (κ3) is 4.54. The summed E-state index contributed by atoms with van der Waals surface area (Å²) >= 11 is 0. The first kappa shape index (κ1) is 14.8. The zero-order valence-electron chi connectivity index (χ0n) is 10.4. The van der Waals surface area contributed by atoms with Crippen molar-refractivity contribution in [3.8, 4) is 0 Å². The fourth-order valence-electron chi connectivity index (χ4n) is 1.86. The van der Waals surface area contributed by atoms with Gasteiger partial charge in [-0.1, -0.05) is 13.8 Å². The summed E-state index contributed by atoms with van der Waals surface area (Å²) in [7, 11) is 0. The van der Waals surface area contributed by atoms with Gasteiger partial charge >= 0.3 is 6.18 Å². The smallest absolute Gasteiger partial charge is 0.343 e. The molecular formula is C11H17F3N2O2. The zero-order chi connectivity index (χ0) is 13.9. The van der Waals surface area contributed by atoms with Gasteiger partial charge in [0.1, 0.15) is 6.04 Å². The molecular weight excluding hydrogens is 249 g/mol. The third-order valence-electron chi connectivity index (χ3n) is 2.65. The molecule has 1 saturated heterocycles. The van der Waals surface area contributed by atoms with Gasteiger partial charge in [0.05, 0.1) is 13.0 Å². The molecule has 1 aliphatic heterocycles. The highest BCUT2D eigenvalue weighted by molar-refractivity contribution is 5.94. The lowest BCUT2D eigenvalue weighted by Crippen LogP contribution is -2.58. The minimum atomic E-state index is -4.32. The van der Waals surface area contributed by atoms with Gasteiger partial charge in [0.2, 0.25) is 11.8 Å². The second kappa shape index (κ2) is 5.58. The number of amides is 2. The normalized spacial score (nSPS) is 21.4. The van der Waals surface area contributed by atoms with Crippen molar-refractivity contribution < 1.29 is 22.8 Å². The Balaban J connectivity index is 2.62. The highest BCUT2D eigenvalue weighted by Gasteiger charge is 2.35. The summed E-state index contributed by atoms with van der Waals surface area (Å²) in [5.41, 5.74) is 0. The number of hydrogen-bond donors (Lipinski definition) is 1. The Hall–Kier alpha value is -1.27. The van der Waals surface area contributed by atoms with Gasteiger partial charge in [0, 0.05) is 6.54 Å². The van der Waals surface area contributed by atoms with E-state index in [0.29, 0.717) is 6.42 Å². The van der Waals surface area contributed by atoms with Crippen molar-refractivity contribution in [1.82, 2.24) is 10.2 Å². The number of halogens is 3. The average molecular weight is 266 g/mol. The molecule has 0 aromatic rings. The van der Waals surface area contributed by atoms with Crippen LogP contribution in [0.25, 0.3) is 0 Å². The molecule has 18 heavy (non-hydrogen) atoms. The molecule has 2 amide bonds. The molecule has 1 aliphatic rings. The van der Waals surface area contributed by atoms with E-state index in [9.17, 15) is 22.8 Å². The molecule has 1 atom stereocenters. The Morgan fingerprint density at radius 2 is 2.00 bits per heavy atom. The Kier molecular flexibility index (Phi) is 4.59. The minimum absolute atomic E-state index is 0.182. The summed E-state index contributed by atoms with van der Waals surface area (Å²) in [6, 6.07) is -0.695. The molecule has 1 rings (SSSR count). The van der Waals surface area contributed by atoms with Crippen molar-refractivity contribution >= 4 is 11.8 Å². The molecule has 0 spiro atoms. The van der Waals surface area contributed by atoms with E-state index in [1.807, 2.05) is 13.8 Å². The zero-order valence-corrected chi connectivity index (χ0v) is 10.4. The largest absolute Gasteiger partial charge is 0.390 e. The van der Waals surface area contributed by atoms with Crippen LogP contribution in [-0.2, 0) is 9.59 Å². The van der Waals surface area contributed by atoms with Crippen LogP contribution in [0.4, 0.5) is 13.2 Å². The van der Waals surface area contributed by atoms with Gasteiger partial charge in [-0.2, -0.15) is 13.2 Å². The van der Waals surface area contributed by atoms with E-state index in [-0.39, 0.29) is 12.5 Å². The monoisotopic (exact) mass is 266 g/mol. The predicted molar refractivity (Wildman–Crippen MR) is 58.6 cm³/mol. The van der Waals surface area contributed by atoms with Crippen molar-refractivity contribution in [2.24, 2.45) is 5.92 Å². The molecule has 1 unspecified atom stereocenters. The molecule has 1 heterocycles. The first-order valence-corrected chi connectivity index (χ1v) is 5.84. The van der Waals surface area contributed by atoms with Gasteiger partial charge in [0.25, 0.3) is 0 Å². The first-order valence-electron chi connectivity index (χ1n) is 5.84. The molecule has 0 radical (unpaired) electrons. The maximum absolute atomic E-state index is 12.1. The van der Waals surface area contributed by atoms with E-state index in [4.69, 9.17) is 0 Å². The van der Waals surface area contributed by atoms with E-state index in [0.717, 1.165) is 4.90 Å². The molecule has 0 bridgehead atoms. The minimum Gasteiger partial charge on any atom is -0.343 e. The van der Waals surface area contributed by atoms with E-state index < -0.39 is 37.0 Å². The summed E-state index contributed by atoms with van der Waals surface area (Å²) in [5.74, 6) is -0.642. The van der Waals surface area contributed by atoms with Crippen LogP contribution < -0.4 is 5.32 Å². The fourth-order valence-corrected chi connectivity index (χ4v) is 1.86. The van der Waals surface area contributed by atoms with Gasteiger partial charge in [0.15, 0.2) is 0 Å². The summed E-state index contributed by atoms with van der Waals surface area (Å²) in [6.45, 7) is 3.02. The van der Waals surface area contributed by atoms with Crippen LogP contribution >= 0.6 is 0 Å². The maximum atomic E-state index is 12.1. The first-order chi connectivity index (χ1) is 8.19. The molecule has 4 nitrogen and oxygen atoms in total. The van der Waals surface area contributed by atoms with Crippen molar-refractivity contribution in [3.05, 3.63) is 0 Å². The lowest BCUT2D eigenvalue weighted by molar-refractivity contribution is -0.153. The number of nitrogens with zero attached hydrogens (tertiary/aromatic N) is 1. The van der Waals surface area contributed by atoms with Gasteiger partial charge < -0.3 is 10.2 Å². The molecule has 0 saturated carbocycles. The maximum Gasteiger partial charge on any atom is 0.390 e. The molecule has 1 fully saturated rings. The summed E-state index contributed by atoms with van der Waals surface area (Å²) in [5, 5.41) is 2.51. The second-order valence-corrected chi connectivity index (χ2v) is 4.87. The van der Waals surface area contributed by atoms with Crippen LogP contribution in [0.3, 0.4) is 0 Å². The molecule has 0 aromatic carbocycles. The van der Waals surface area contributed by atoms with E-state index in [1.54, 1.807) is 0 Å². The van der Waals surface area contributed by atoms with Gasteiger partial charge in [-0.15, -0.1) is 0 Å². The lowest BCUT2D eigenvalue weighted by Gasteiger charge is -2.33. The predicted octanol–water partition coefficient (Wildman–Crippen LogP) is 1.31. The molecule has 1 N–H and O–H groups in total. The quantitative estimate of drug-likeness (QED) is 0.834. The van der Waals surface area contributed by atoms with E-state index >= 15 is 0 Å². The van der Waals surface area contributed by atoms with E-state index in [1.165, 1.54) is 0 Å². The van der Waals surface area contributed by atoms with E-state index in [2.05, 4.69) is 5.32 Å². The van der Waals surface area contributed by atoms with Crippen LogP contribution in [0.5, 0.6) is 0 Å². The number of carbonyl (C=O) groups excluding carboxylic acids is 2. The molecule has 7 heteroatoms. The average Bonchev–Trinajstić information content (AvgIpc) is 2.18. The Morgan fingerprint density at radius 1 is 1.39 bits per heavy atom. The topological polar surface area (TPSA) is 49.4 Å². The van der Waals surface area contributed by atoms with Crippen molar-refractivity contribution in [2.45, 2.75) is 38.9 Å². The Morgan fingerprint density at radius 3 is 2.50 bits per heavy atom. The molecule has 0 aliphatic carbocycles. The van der Waals surface area contributed by atoms with Crippen LogP contribution in [0.1, 0.15) is 26.7 Å². The lowest BCUT2D eigenvalue weighted by atomic mass is 10.0. The number of hydrogen-bond acceptors (Lipinski definition) is 2. The van der Waals surface area contributed by atoms with Crippen LogP contribution in [0.2, 0.25) is 0 Å². The van der Waals surface area contributed by atoms with Crippen molar-refractivity contribution in [2.75, 3.05) is 13.1 Å². The Labute approximate surface area is 104 Å². The van der Waals surface area contributed by atoms with Crippen LogP contribution in [0, 0.1) is 5.92 Å². The number of nitrogens with one attached hydrogen (secondary N) is 1. The SMILES string of the molecule is CC(C)CC1NC(=O)CN(CCC(F)(F)F)C1=O. The number of alkyl halides is 3. The third-order valence-corrected chi connectivity index (χ3v) is 2.65. The summed E-state index contributed by atoms with van der Waals surface area (Å²) in [6.07, 6.45) is -4.96. The Bertz CT molecular complexity index is 329. The molecule has 104 valence electrons. The van der Waals surface area contributed by atoms with Crippen LogP contribution in [0.15, 0.2) is 0 Å². The van der Waals surface area contributed by atoms with Gasteiger partial charge in [-0.05, 0) is 12.3 Å². The standard InChI is InChI=1S/C11H17F3N2O2/c1-7(2)5-8-10(18)16(6-9(17)15-8)4-3-11(12,13)14/h7-8H,3-6H2,1-2H3,(H,15,17). The van der Waals surface area contributed by atoms with Gasteiger partial charge in [-0.25, -0.2) is 0 Å². The number of rotatable bonds is 4. The van der Waals surface area contributed by atoms with Gasteiger partial charge in [-0.3, -0.25) is 9.59 Å². The summed E-state index contributed by atoms with van der Waals surface area (Å²) < 4.78 is 36.3. The highest BCUT2D eigenvalue weighted by Crippen LogP contribution is 2.21. The van der Waals surface area contributed by atoms with Crippen LogP contribution in [-0.4, -0.2) is 42.0 Å². The highest BCUT2D eigenvalue weighted by atomic mass is 19.4. The number of carbonyl (C=O) groups is 2. The summed E-state index contributed by atoms with van der Waals surface area (Å²) in [4.78, 5) is 24.2. The van der Waals surface area contributed by atoms with Crippen molar-refractivity contribution in [3.63, 3.8) is 0 Å².